The SMILES string of the molecule is NCCOCc1cc([C@@H]2O[C@H](CO)C(O)C2O)c(F)cc1F. The van der Waals surface area contributed by atoms with Crippen LogP contribution in [0.1, 0.15) is 17.2 Å². The van der Waals surface area contributed by atoms with Crippen LogP contribution in [0.2, 0.25) is 0 Å². The first-order chi connectivity index (χ1) is 10.5. The van der Waals surface area contributed by atoms with Crippen molar-refractivity contribution in [1.29, 1.82) is 0 Å². The highest BCUT2D eigenvalue weighted by Gasteiger charge is 2.44. The fraction of sp³-hybridized carbons (Fsp3) is 0.571. The Labute approximate surface area is 126 Å². The van der Waals surface area contributed by atoms with Crippen molar-refractivity contribution in [3.05, 3.63) is 34.9 Å². The Hall–Kier alpha value is -1.16. The lowest BCUT2D eigenvalue weighted by molar-refractivity contribution is -0.0237. The van der Waals surface area contributed by atoms with Gasteiger partial charge in [-0.2, -0.15) is 0 Å². The van der Waals surface area contributed by atoms with Crippen LogP contribution in [-0.4, -0.2) is 53.4 Å². The first kappa shape index (κ1) is 17.2. The summed E-state index contributed by atoms with van der Waals surface area (Å²) in [5, 5.41) is 28.7. The van der Waals surface area contributed by atoms with Gasteiger partial charge in [-0.25, -0.2) is 8.78 Å². The summed E-state index contributed by atoms with van der Waals surface area (Å²) >= 11 is 0. The Bertz CT molecular complexity index is 516. The molecule has 124 valence electrons. The first-order valence-corrected chi connectivity index (χ1v) is 6.87. The predicted octanol–water partition coefficient (Wildman–Crippen LogP) is -0.406. The Morgan fingerprint density at radius 2 is 1.91 bits per heavy atom. The molecule has 0 amide bonds. The van der Waals surface area contributed by atoms with Crippen molar-refractivity contribution < 1.29 is 33.6 Å². The number of rotatable bonds is 6. The summed E-state index contributed by atoms with van der Waals surface area (Å²) in [4.78, 5) is 0. The van der Waals surface area contributed by atoms with Gasteiger partial charge in [0.05, 0.1) is 19.8 Å². The molecule has 0 spiro atoms. The Balaban J connectivity index is 2.25. The second-order valence-corrected chi connectivity index (χ2v) is 5.07. The first-order valence-electron chi connectivity index (χ1n) is 6.87. The van der Waals surface area contributed by atoms with E-state index in [0.29, 0.717) is 6.07 Å². The van der Waals surface area contributed by atoms with Gasteiger partial charge in [-0.1, -0.05) is 0 Å². The zero-order chi connectivity index (χ0) is 16.3. The van der Waals surface area contributed by atoms with Crippen LogP contribution in [0.4, 0.5) is 8.78 Å². The van der Waals surface area contributed by atoms with Gasteiger partial charge < -0.3 is 30.5 Å². The topological polar surface area (TPSA) is 105 Å². The lowest BCUT2D eigenvalue weighted by Gasteiger charge is -2.17. The molecule has 22 heavy (non-hydrogen) atoms. The normalized spacial score (nSPS) is 28.3. The highest BCUT2D eigenvalue weighted by Crippen LogP contribution is 2.35. The van der Waals surface area contributed by atoms with Gasteiger partial charge in [-0.05, 0) is 6.07 Å². The molecule has 2 unspecified atom stereocenters. The summed E-state index contributed by atoms with van der Waals surface area (Å²) in [6.07, 6.45) is -4.99. The molecule has 1 heterocycles. The van der Waals surface area contributed by atoms with Crippen molar-refractivity contribution in [3.63, 3.8) is 0 Å². The van der Waals surface area contributed by atoms with Crippen molar-refractivity contribution >= 4 is 0 Å². The average molecular weight is 319 g/mol. The van der Waals surface area contributed by atoms with E-state index in [1.54, 1.807) is 0 Å². The summed E-state index contributed by atoms with van der Waals surface area (Å²) in [5.41, 5.74) is 5.25. The number of hydrogen-bond donors (Lipinski definition) is 4. The van der Waals surface area contributed by atoms with E-state index in [2.05, 4.69) is 0 Å². The van der Waals surface area contributed by atoms with E-state index in [9.17, 15) is 19.0 Å². The van der Waals surface area contributed by atoms with Gasteiger partial charge in [0.1, 0.15) is 36.1 Å². The highest BCUT2D eigenvalue weighted by molar-refractivity contribution is 5.30. The third-order valence-electron chi connectivity index (χ3n) is 3.53. The summed E-state index contributed by atoms with van der Waals surface area (Å²) in [5.74, 6) is -1.69. The van der Waals surface area contributed by atoms with Crippen LogP contribution in [0.25, 0.3) is 0 Å². The standard InChI is InChI=1S/C14H19F2NO5/c15-9-4-10(16)8(3-7(9)6-21-2-1-17)14-13(20)12(19)11(5-18)22-14/h3-4,11-14,18-20H,1-2,5-6,17H2/t11-,12?,13?,14+/m1/s1. The molecule has 1 aliphatic heterocycles. The molecule has 1 aliphatic rings. The third kappa shape index (κ3) is 3.43. The average Bonchev–Trinajstić information content (AvgIpc) is 2.77. The maximum absolute atomic E-state index is 14.0. The number of halogens is 2. The molecule has 1 fully saturated rings. The van der Waals surface area contributed by atoms with Gasteiger partial charge in [0.2, 0.25) is 0 Å². The van der Waals surface area contributed by atoms with Gasteiger partial charge in [0.25, 0.3) is 0 Å². The molecule has 6 nitrogen and oxygen atoms in total. The molecule has 8 heteroatoms. The molecule has 0 aliphatic carbocycles. The lowest BCUT2D eigenvalue weighted by atomic mass is 9.99. The van der Waals surface area contributed by atoms with Crippen LogP contribution in [0.5, 0.6) is 0 Å². The fourth-order valence-electron chi connectivity index (χ4n) is 2.36. The highest BCUT2D eigenvalue weighted by atomic mass is 19.1. The molecule has 5 N–H and O–H groups in total. The molecule has 1 saturated heterocycles. The fourth-order valence-corrected chi connectivity index (χ4v) is 2.36. The molecular formula is C14H19F2NO5. The maximum atomic E-state index is 14.0. The smallest absolute Gasteiger partial charge is 0.132 e. The van der Waals surface area contributed by atoms with Crippen LogP contribution in [0, 0.1) is 11.6 Å². The zero-order valence-corrected chi connectivity index (χ0v) is 11.8. The Morgan fingerprint density at radius 1 is 1.18 bits per heavy atom. The largest absolute Gasteiger partial charge is 0.394 e. The minimum absolute atomic E-state index is 0.0857. The molecule has 0 saturated carbocycles. The van der Waals surface area contributed by atoms with E-state index in [1.807, 2.05) is 0 Å². The van der Waals surface area contributed by atoms with Crippen molar-refractivity contribution in [2.45, 2.75) is 31.0 Å². The molecular weight excluding hydrogens is 300 g/mol. The molecule has 1 aromatic carbocycles. The maximum Gasteiger partial charge on any atom is 0.132 e. The quantitative estimate of drug-likeness (QED) is 0.532. The van der Waals surface area contributed by atoms with Crippen LogP contribution in [0.3, 0.4) is 0 Å². The molecule has 0 bridgehead atoms. The Morgan fingerprint density at radius 3 is 2.50 bits per heavy atom. The molecule has 1 aromatic rings. The van der Waals surface area contributed by atoms with Crippen molar-refractivity contribution in [3.8, 4) is 0 Å². The lowest BCUT2D eigenvalue weighted by Crippen LogP contribution is -2.32. The van der Waals surface area contributed by atoms with Crippen molar-refractivity contribution in [2.24, 2.45) is 5.73 Å². The van der Waals surface area contributed by atoms with Gasteiger partial charge in [-0.15, -0.1) is 0 Å². The summed E-state index contributed by atoms with van der Waals surface area (Å²) < 4.78 is 38.1. The number of ether oxygens (including phenoxy) is 2. The summed E-state index contributed by atoms with van der Waals surface area (Å²) in [7, 11) is 0. The van der Waals surface area contributed by atoms with E-state index in [1.165, 1.54) is 6.07 Å². The predicted molar refractivity (Wildman–Crippen MR) is 71.8 cm³/mol. The van der Waals surface area contributed by atoms with E-state index in [-0.39, 0.29) is 30.9 Å². The van der Waals surface area contributed by atoms with Crippen LogP contribution >= 0.6 is 0 Å². The van der Waals surface area contributed by atoms with Crippen LogP contribution in [-0.2, 0) is 16.1 Å². The second-order valence-electron chi connectivity index (χ2n) is 5.07. The minimum Gasteiger partial charge on any atom is -0.394 e. The number of aliphatic hydroxyl groups excluding tert-OH is 3. The van der Waals surface area contributed by atoms with Crippen molar-refractivity contribution in [1.82, 2.24) is 0 Å². The second kappa shape index (κ2) is 7.40. The van der Waals surface area contributed by atoms with Crippen molar-refractivity contribution in [2.75, 3.05) is 19.8 Å². The van der Waals surface area contributed by atoms with E-state index >= 15 is 0 Å². The molecule has 2 rings (SSSR count). The van der Waals surface area contributed by atoms with Gasteiger partial charge >= 0.3 is 0 Å². The van der Waals surface area contributed by atoms with Gasteiger partial charge in [0.15, 0.2) is 0 Å². The summed E-state index contributed by atoms with van der Waals surface area (Å²) in [6, 6.07) is 1.85. The van der Waals surface area contributed by atoms with Gasteiger partial charge in [0, 0.05) is 23.7 Å². The Kier molecular flexibility index (Phi) is 5.79. The van der Waals surface area contributed by atoms with Crippen LogP contribution in [0.15, 0.2) is 12.1 Å². The molecule has 0 radical (unpaired) electrons. The number of nitrogens with two attached hydrogens (primary N) is 1. The number of hydrogen-bond acceptors (Lipinski definition) is 6. The molecule has 0 aromatic heterocycles. The van der Waals surface area contributed by atoms with Crippen LogP contribution < -0.4 is 5.73 Å². The zero-order valence-electron chi connectivity index (χ0n) is 11.8. The third-order valence-corrected chi connectivity index (χ3v) is 3.53. The number of aliphatic hydroxyl groups is 3. The minimum atomic E-state index is -1.42. The number of benzene rings is 1. The summed E-state index contributed by atoms with van der Waals surface area (Å²) in [6.45, 7) is -0.139. The monoisotopic (exact) mass is 319 g/mol. The van der Waals surface area contributed by atoms with E-state index in [0.717, 1.165) is 0 Å². The van der Waals surface area contributed by atoms with E-state index in [4.69, 9.17) is 20.3 Å². The molecule has 4 atom stereocenters. The van der Waals surface area contributed by atoms with E-state index < -0.39 is 42.7 Å². The van der Waals surface area contributed by atoms with Gasteiger partial charge in [-0.3, -0.25) is 0 Å².